The van der Waals surface area contributed by atoms with Gasteiger partial charge in [0, 0.05) is 29.3 Å². The fraction of sp³-hybridized carbons (Fsp3) is 0.615. The summed E-state index contributed by atoms with van der Waals surface area (Å²) in [4.78, 5) is 0. The second-order valence-corrected chi connectivity index (χ2v) is 14.8. The molecular weight excluding hydrogens is 434 g/mol. The molecule has 1 aromatic carbocycles. The van der Waals surface area contributed by atoms with Crippen LogP contribution < -0.4 is 19.5 Å². The summed E-state index contributed by atoms with van der Waals surface area (Å²) in [5, 5.41) is 3.90. The van der Waals surface area contributed by atoms with Gasteiger partial charge < -0.3 is 28.7 Å². The molecule has 0 spiro atoms. The van der Waals surface area contributed by atoms with Crippen molar-refractivity contribution in [3.8, 4) is 17.2 Å². The molecule has 0 fully saturated rings. The van der Waals surface area contributed by atoms with E-state index < -0.39 is 8.32 Å². The van der Waals surface area contributed by atoms with Gasteiger partial charge in [0.2, 0.25) is 0 Å². The Bertz CT molecular complexity index is 831. The molecule has 0 saturated heterocycles. The predicted octanol–water partition coefficient (Wildman–Crippen LogP) is 5.36. The van der Waals surface area contributed by atoms with E-state index in [-0.39, 0.29) is 17.1 Å². The molecule has 1 aliphatic rings. The molecule has 0 bridgehead atoms. The van der Waals surface area contributed by atoms with Gasteiger partial charge in [0.05, 0.1) is 33.5 Å². The molecule has 2 atom stereocenters. The minimum atomic E-state index is -1.88. The number of hydrogen-bond donors (Lipinski definition) is 1. The van der Waals surface area contributed by atoms with E-state index in [2.05, 4.69) is 52.3 Å². The van der Waals surface area contributed by atoms with Crippen molar-refractivity contribution in [2.75, 3.05) is 40.6 Å². The number of methoxy groups -OCH3 is 2. The van der Waals surface area contributed by atoms with E-state index in [9.17, 15) is 0 Å². The summed E-state index contributed by atoms with van der Waals surface area (Å²) < 4.78 is 30.3. The highest BCUT2D eigenvalue weighted by atomic mass is 28.4. The molecule has 2 rings (SSSR count). The molecule has 0 amide bonds. The molecule has 0 saturated carbocycles. The molecule has 0 aromatic heterocycles. The Labute approximate surface area is 201 Å². The first-order valence-corrected chi connectivity index (χ1v) is 14.5. The molecule has 1 N–H and O–H groups in total. The fourth-order valence-corrected chi connectivity index (χ4v) is 5.02. The second kappa shape index (κ2) is 11.6. The average molecular weight is 478 g/mol. The molecule has 6 nitrogen and oxygen atoms in total. The van der Waals surface area contributed by atoms with Gasteiger partial charge in [-0.05, 0) is 31.5 Å². The lowest BCUT2D eigenvalue weighted by Gasteiger charge is -2.40. The number of fused-ring (bicyclic) bond motifs is 1. The number of hydrogen-bond acceptors (Lipinski definition) is 6. The Morgan fingerprint density at radius 1 is 1.00 bits per heavy atom. The Kier molecular flexibility index (Phi) is 9.61. The van der Waals surface area contributed by atoms with E-state index in [0.29, 0.717) is 37.9 Å². The van der Waals surface area contributed by atoms with Gasteiger partial charge in [0.15, 0.2) is 19.8 Å². The maximum atomic E-state index is 6.58. The summed E-state index contributed by atoms with van der Waals surface area (Å²) in [6, 6.07) is 0.0165. The largest absolute Gasteiger partial charge is 0.496 e. The molecule has 0 radical (unpaired) electrons. The van der Waals surface area contributed by atoms with Crippen molar-refractivity contribution in [2.45, 2.75) is 64.3 Å². The maximum Gasteiger partial charge on any atom is 0.192 e. The normalized spacial score (nSPS) is 18.4. The van der Waals surface area contributed by atoms with Crippen molar-refractivity contribution >= 4 is 8.32 Å². The third-order valence-electron chi connectivity index (χ3n) is 6.69. The zero-order chi connectivity index (χ0) is 24.8. The molecule has 1 aromatic rings. The fourth-order valence-electron chi connectivity index (χ4n) is 3.97. The van der Waals surface area contributed by atoms with Crippen LogP contribution in [0, 0.1) is 6.92 Å². The molecule has 33 heavy (non-hydrogen) atoms. The monoisotopic (exact) mass is 477 g/mol. The third kappa shape index (κ3) is 6.21. The van der Waals surface area contributed by atoms with E-state index >= 15 is 0 Å². The second-order valence-electron chi connectivity index (χ2n) is 10.0. The SMILES string of the molecule is C=CCOC[C@@H]1N[C@H](CO[Si](C)(C)C(C)(C)C)Cc2c(OC)c(C)c(OC)c(OCC=C)c21. The third-order valence-corrected chi connectivity index (χ3v) is 11.2. The van der Waals surface area contributed by atoms with Crippen LogP contribution in [0.1, 0.15) is 43.5 Å². The van der Waals surface area contributed by atoms with E-state index in [1.807, 2.05) is 6.92 Å². The van der Waals surface area contributed by atoms with Gasteiger partial charge in [-0.2, -0.15) is 0 Å². The Hall–Kier alpha value is -1.80. The minimum absolute atomic E-state index is 0.107. The minimum Gasteiger partial charge on any atom is -0.496 e. The zero-order valence-corrected chi connectivity index (χ0v) is 22.8. The molecule has 1 heterocycles. The lowest BCUT2D eigenvalue weighted by molar-refractivity contribution is 0.117. The van der Waals surface area contributed by atoms with Gasteiger partial charge in [0.1, 0.15) is 12.4 Å². The van der Waals surface area contributed by atoms with Gasteiger partial charge in [-0.3, -0.25) is 0 Å². The number of rotatable bonds is 12. The molecule has 1 aliphatic heterocycles. The van der Waals surface area contributed by atoms with Crippen LogP contribution in [0.3, 0.4) is 0 Å². The van der Waals surface area contributed by atoms with E-state index in [4.69, 9.17) is 23.4 Å². The summed E-state index contributed by atoms with van der Waals surface area (Å²) in [5.41, 5.74) is 3.06. The summed E-state index contributed by atoms with van der Waals surface area (Å²) >= 11 is 0. The van der Waals surface area contributed by atoms with Crippen LogP contribution in [-0.4, -0.2) is 55.0 Å². The number of nitrogens with one attached hydrogen (secondary N) is 1. The van der Waals surface area contributed by atoms with Crippen molar-refractivity contribution in [3.63, 3.8) is 0 Å². The number of benzene rings is 1. The molecule has 186 valence electrons. The van der Waals surface area contributed by atoms with Gasteiger partial charge in [-0.1, -0.05) is 39.5 Å². The highest BCUT2D eigenvalue weighted by Crippen LogP contribution is 2.48. The smallest absolute Gasteiger partial charge is 0.192 e. The molecule has 0 unspecified atom stereocenters. The van der Waals surface area contributed by atoms with Crippen molar-refractivity contribution in [1.82, 2.24) is 5.32 Å². The van der Waals surface area contributed by atoms with Crippen molar-refractivity contribution < 1.29 is 23.4 Å². The van der Waals surface area contributed by atoms with E-state index in [1.54, 1.807) is 26.4 Å². The lowest BCUT2D eigenvalue weighted by Crippen LogP contribution is -2.49. The lowest BCUT2D eigenvalue weighted by atomic mass is 9.87. The van der Waals surface area contributed by atoms with Crippen LogP contribution >= 0.6 is 0 Å². The first-order chi connectivity index (χ1) is 15.5. The Balaban J connectivity index is 2.52. The van der Waals surface area contributed by atoms with Crippen LogP contribution in [0.15, 0.2) is 25.3 Å². The van der Waals surface area contributed by atoms with Crippen LogP contribution in [0.2, 0.25) is 18.1 Å². The highest BCUT2D eigenvalue weighted by Gasteiger charge is 2.40. The van der Waals surface area contributed by atoms with Crippen LogP contribution in [0.25, 0.3) is 0 Å². The zero-order valence-electron chi connectivity index (χ0n) is 21.8. The van der Waals surface area contributed by atoms with Crippen LogP contribution in [0.5, 0.6) is 17.2 Å². The summed E-state index contributed by atoms with van der Waals surface area (Å²) in [6.45, 7) is 22.9. The first-order valence-electron chi connectivity index (χ1n) is 11.6. The predicted molar refractivity (Wildman–Crippen MR) is 138 cm³/mol. The maximum absolute atomic E-state index is 6.58. The summed E-state index contributed by atoms with van der Waals surface area (Å²) in [5.74, 6) is 2.23. The Morgan fingerprint density at radius 3 is 2.18 bits per heavy atom. The van der Waals surface area contributed by atoms with Crippen molar-refractivity contribution in [2.24, 2.45) is 0 Å². The first kappa shape index (κ1) is 27.4. The van der Waals surface area contributed by atoms with Crippen LogP contribution in [0.4, 0.5) is 0 Å². The summed E-state index contributed by atoms with van der Waals surface area (Å²) in [6.07, 6.45) is 4.26. The van der Waals surface area contributed by atoms with Gasteiger partial charge in [-0.15, -0.1) is 6.58 Å². The molecule has 0 aliphatic carbocycles. The summed E-state index contributed by atoms with van der Waals surface area (Å²) in [7, 11) is 1.48. The van der Waals surface area contributed by atoms with Gasteiger partial charge in [-0.25, -0.2) is 0 Å². The van der Waals surface area contributed by atoms with Gasteiger partial charge >= 0.3 is 0 Å². The quantitative estimate of drug-likeness (QED) is 0.249. The van der Waals surface area contributed by atoms with Crippen molar-refractivity contribution in [1.29, 1.82) is 0 Å². The topological polar surface area (TPSA) is 58.2 Å². The average Bonchev–Trinajstić information content (AvgIpc) is 2.75. The molecule has 7 heteroatoms. The van der Waals surface area contributed by atoms with E-state index in [0.717, 1.165) is 28.9 Å². The van der Waals surface area contributed by atoms with Crippen molar-refractivity contribution in [3.05, 3.63) is 42.0 Å². The van der Waals surface area contributed by atoms with E-state index in [1.165, 1.54) is 0 Å². The Morgan fingerprint density at radius 2 is 1.64 bits per heavy atom. The standard InChI is InChI=1S/C26H43NO5Si/c1-11-13-30-17-21-22-20(15-19(27-21)16-32-33(9,10)26(4,5)6)23(28-7)18(3)24(29-8)25(22)31-14-12-2/h11-12,19,21,27H,1-2,13-17H2,3-10H3/t19-,21-/m0/s1. The molecular formula is C26H43NO5Si. The number of ether oxygens (including phenoxy) is 4. The van der Waals surface area contributed by atoms with Gasteiger partial charge in [0.25, 0.3) is 0 Å². The van der Waals surface area contributed by atoms with Crippen LogP contribution in [-0.2, 0) is 15.6 Å². The highest BCUT2D eigenvalue weighted by molar-refractivity contribution is 6.74.